The summed E-state index contributed by atoms with van der Waals surface area (Å²) in [6.07, 6.45) is 1.91. The van der Waals surface area contributed by atoms with Gasteiger partial charge in [-0.2, -0.15) is 0 Å². The molecule has 2 aromatic carbocycles. The van der Waals surface area contributed by atoms with Gasteiger partial charge in [0.15, 0.2) is 11.5 Å². The van der Waals surface area contributed by atoms with Gasteiger partial charge in [0.05, 0.1) is 12.2 Å². The Labute approximate surface area is 161 Å². The molecule has 1 aliphatic heterocycles. The third kappa shape index (κ3) is 4.12. The molecule has 1 aromatic heterocycles. The number of carbonyl (C=O) groups is 1. The average Bonchev–Trinajstić information content (AvgIpc) is 3.09. The number of piperidine rings is 1. The van der Waals surface area contributed by atoms with E-state index in [4.69, 9.17) is 16.0 Å². The molecule has 27 heavy (non-hydrogen) atoms. The second-order valence-electron chi connectivity index (χ2n) is 6.77. The zero-order chi connectivity index (χ0) is 18.8. The monoisotopic (exact) mass is 387 g/mol. The average molecular weight is 388 g/mol. The SMILES string of the molecule is O=C(CN1CCCC(c2nc3ccccc3o2)C1)Nc1cc(Cl)ccc1F. The maximum absolute atomic E-state index is 13.8. The van der Waals surface area contributed by atoms with Gasteiger partial charge in [0.2, 0.25) is 5.91 Å². The van der Waals surface area contributed by atoms with Crippen LogP contribution in [0.2, 0.25) is 5.02 Å². The van der Waals surface area contributed by atoms with Gasteiger partial charge in [0.1, 0.15) is 11.3 Å². The lowest BCUT2D eigenvalue weighted by atomic mass is 9.98. The highest BCUT2D eigenvalue weighted by Gasteiger charge is 2.26. The van der Waals surface area contributed by atoms with Gasteiger partial charge in [-0.1, -0.05) is 23.7 Å². The van der Waals surface area contributed by atoms with Gasteiger partial charge in [0, 0.05) is 17.5 Å². The summed E-state index contributed by atoms with van der Waals surface area (Å²) in [4.78, 5) is 19.0. The lowest BCUT2D eigenvalue weighted by Gasteiger charge is -2.30. The minimum absolute atomic E-state index is 0.0972. The maximum atomic E-state index is 13.8. The summed E-state index contributed by atoms with van der Waals surface area (Å²) in [7, 11) is 0. The first kappa shape index (κ1) is 17.9. The van der Waals surface area contributed by atoms with Crippen molar-refractivity contribution in [1.82, 2.24) is 9.88 Å². The molecule has 1 amide bonds. The summed E-state index contributed by atoms with van der Waals surface area (Å²) in [5.41, 5.74) is 1.72. The molecule has 2 heterocycles. The normalized spacial score (nSPS) is 17.9. The molecule has 3 aromatic rings. The zero-order valence-electron chi connectivity index (χ0n) is 14.6. The van der Waals surface area contributed by atoms with Crippen LogP contribution < -0.4 is 5.32 Å². The van der Waals surface area contributed by atoms with Crippen LogP contribution in [0, 0.1) is 5.82 Å². The number of carbonyl (C=O) groups excluding carboxylic acids is 1. The van der Waals surface area contributed by atoms with Crippen molar-refractivity contribution in [3.63, 3.8) is 0 Å². The molecule has 0 spiro atoms. The van der Waals surface area contributed by atoms with E-state index in [2.05, 4.69) is 10.3 Å². The standard InChI is InChI=1S/C20H19ClFN3O2/c21-14-7-8-15(22)17(10-14)23-19(26)12-25-9-3-4-13(11-25)20-24-16-5-1-2-6-18(16)27-20/h1-2,5-8,10,13H,3-4,9,11-12H2,(H,23,26). The second kappa shape index (κ2) is 7.66. The first-order valence-corrected chi connectivity index (χ1v) is 9.29. The van der Waals surface area contributed by atoms with Crippen molar-refractivity contribution in [3.8, 4) is 0 Å². The van der Waals surface area contributed by atoms with Crippen LogP contribution in [0.1, 0.15) is 24.7 Å². The Morgan fingerprint density at radius 3 is 3.04 bits per heavy atom. The number of hydrogen-bond donors (Lipinski definition) is 1. The molecule has 1 fully saturated rings. The van der Waals surface area contributed by atoms with E-state index in [0.29, 0.717) is 17.5 Å². The van der Waals surface area contributed by atoms with E-state index < -0.39 is 5.82 Å². The molecule has 0 saturated carbocycles. The van der Waals surface area contributed by atoms with Crippen LogP contribution in [0.15, 0.2) is 46.9 Å². The van der Waals surface area contributed by atoms with Crippen molar-refractivity contribution in [3.05, 3.63) is 59.2 Å². The van der Waals surface area contributed by atoms with Crippen LogP contribution in [0.3, 0.4) is 0 Å². The van der Waals surface area contributed by atoms with Crippen molar-refractivity contribution >= 4 is 34.3 Å². The lowest BCUT2D eigenvalue weighted by molar-refractivity contribution is -0.117. The molecular formula is C20H19ClFN3O2. The van der Waals surface area contributed by atoms with Crippen LogP contribution in [0.4, 0.5) is 10.1 Å². The number of likely N-dealkylation sites (tertiary alicyclic amines) is 1. The second-order valence-corrected chi connectivity index (χ2v) is 7.20. The highest BCUT2D eigenvalue weighted by atomic mass is 35.5. The Balaban J connectivity index is 1.40. The van der Waals surface area contributed by atoms with E-state index in [0.717, 1.165) is 30.5 Å². The first-order chi connectivity index (χ1) is 13.1. The van der Waals surface area contributed by atoms with E-state index >= 15 is 0 Å². The number of nitrogens with one attached hydrogen (secondary N) is 1. The fourth-order valence-corrected chi connectivity index (χ4v) is 3.62. The highest BCUT2D eigenvalue weighted by Crippen LogP contribution is 2.29. The number of halogens is 2. The van der Waals surface area contributed by atoms with Crippen molar-refractivity contribution in [2.24, 2.45) is 0 Å². The van der Waals surface area contributed by atoms with E-state index in [9.17, 15) is 9.18 Å². The Bertz CT molecular complexity index is 942. The first-order valence-electron chi connectivity index (χ1n) is 8.91. The molecular weight excluding hydrogens is 369 g/mol. The topological polar surface area (TPSA) is 58.4 Å². The van der Waals surface area contributed by atoms with E-state index in [1.807, 2.05) is 29.2 Å². The Kier molecular flexibility index (Phi) is 5.09. The van der Waals surface area contributed by atoms with Crippen LogP contribution in [0.25, 0.3) is 11.1 Å². The number of anilines is 1. The minimum Gasteiger partial charge on any atom is -0.440 e. The van der Waals surface area contributed by atoms with Gasteiger partial charge in [-0.05, 0) is 49.7 Å². The predicted octanol–water partition coefficient (Wildman–Crippen LogP) is 4.44. The fourth-order valence-electron chi connectivity index (χ4n) is 3.45. The number of nitrogens with zero attached hydrogens (tertiary/aromatic N) is 2. The quantitative estimate of drug-likeness (QED) is 0.719. The van der Waals surface area contributed by atoms with Crippen molar-refractivity contribution in [2.75, 3.05) is 25.0 Å². The number of benzene rings is 2. The van der Waals surface area contributed by atoms with Crippen molar-refractivity contribution < 1.29 is 13.6 Å². The van der Waals surface area contributed by atoms with Crippen LogP contribution in [-0.2, 0) is 4.79 Å². The minimum atomic E-state index is -0.504. The van der Waals surface area contributed by atoms with Gasteiger partial charge in [-0.15, -0.1) is 0 Å². The van der Waals surface area contributed by atoms with Crippen LogP contribution in [0.5, 0.6) is 0 Å². The smallest absolute Gasteiger partial charge is 0.238 e. The van der Waals surface area contributed by atoms with Gasteiger partial charge < -0.3 is 9.73 Å². The van der Waals surface area contributed by atoms with E-state index in [1.165, 1.54) is 18.2 Å². The summed E-state index contributed by atoms with van der Waals surface area (Å²) >= 11 is 5.87. The molecule has 0 radical (unpaired) electrons. The van der Waals surface area contributed by atoms with E-state index in [-0.39, 0.29) is 24.1 Å². The van der Waals surface area contributed by atoms with E-state index in [1.54, 1.807) is 0 Å². The number of rotatable bonds is 4. The van der Waals surface area contributed by atoms with Gasteiger partial charge in [-0.3, -0.25) is 9.69 Å². The molecule has 1 atom stereocenters. The van der Waals surface area contributed by atoms with Crippen molar-refractivity contribution in [2.45, 2.75) is 18.8 Å². The maximum Gasteiger partial charge on any atom is 0.238 e. The predicted molar refractivity (Wildman–Crippen MR) is 102 cm³/mol. The van der Waals surface area contributed by atoms with Crippen LogP contribution in [-0.4, -0.2) is 35.4 Å². The summed E-state index contributed by atoms with van der Waals surface area (Å²) < 4.78 is 19.7. The number of fused-ring (bicyclic) bond motifs is 1. The number of para-hydroxylation sites is 2. The zero-order valence-corrected chi connectivity index (χ0v) is 15.4. The largest absolute Gasteiger partial charge is 0.440 e. The highest BCUT2D eigenvalue weighted by molar-refractivity contribution is 6.30. The molecule has 0 bridgehead atoms. The summed E-state index contributed by atoms with van der Waals surface area (Å²) in [6, 6.07) is 11.8. The summed E-state index contributed by atoms with van der Waals surface area (Å²) in [5, 5.41) is 2.97. The molecule has 0 aliphatic carbocycles. The lowest BCUT2D eigenvalue weighted by Crippen LogP contribution is -2.39. The number of amides is 1. The third-order valence-electron chi connectivity index (χ3n) is 4.73. The van der Waals surface area contributed by atoms with Crippen molar-refractivity contribution in [1.29, 1.82) is 0 Å². The molecule has 7 heteroatoms. The number of aromatic nitrogens is 1. The molecule has 5 nitrogen and oxygen atoms in total. The Morgan fingerprint density at radius 2 is 2.19 bits per heavy atom. The summed E-state index contributed by atoms with van der Waals surface area (Å²) in [5.74, 6) is 0.0779. The van der Waals surface area contributed by atoms with Gasteiger partial charge in [0.25, 0.3) is 0 Å². The molecule has 1 N–H and O–H groups in total. The Morgan fingerprint density at radius 1 is 1.33 bits per heavy atom. The molecule has 1 unspecified atom stereocenters. The van der Waals surface area contributed by atoms with Gasteiger partial charge in [-0.25, -0.2) is 9.37 Å². The van der Waals surface area contributed by atoms with Crippen LogP contribution >= 0.6 is 11.6 Å². The number of hydrogen-bond acceptors (Lipinski definition) is 4. The number of oxazole rings is 1. The summed E-state index contributed by atoms with van der Waals surface area (Å²) in [6.45, 7) is 1.67. The molecule has 4 rings (SSSR count). The molecule has 140 valence electrons. The molecule has 1 saturated heterocycles. The fraction of sp³-hybridized carbons (Fsp3) is 0.300. The Hall–Kier alpha value is -2.44. The van der Waals surface area contributed by atoms with Gasteiger partial charge >= 0.3 is 0 Å². The molecule has 1 aliphatic rings. The third-order valence-corrected chi connectivity index (χ3v) is 4.97.